The predicted octanol–water partition coefficient (Wildman–Crippen LogP) is 0.711. The molecule has 0 unspecified atom stereocenters. The van der Waals surface area contributed by atoms with Gasteiger partial charge in [0.05, 0.1) is 16.4 Å². The summed E-state index contributed by atoms with van der Waals surface area (Å²) in [6.07, 6.45) is 3.86. The number of amides is 1. The standard InChI is InChI=1S/C17H22N4O3/c1-2-21-15(23)12-6-5-11(9-13(12)19-16(21)24)14(22)20-17(10-18)7-3-4-8-17/h5-6,9H,2-4,7-8,10,18H2,1H3,(H,19,24)(H,20,22). The Balaban J connectivity index is 1.97. The molecule has 7 nitrogen and oxygen atoms in total. The molecule has 1 aromatic carbocycles. The minimum Gasteiger partial charge on any atom is -0.345 e. The van der Waals surface area contributed by atoms with Crippen LogP contribution in [0.25, 0.3) is 10.9 Å². The molecule has 1 amide bonds. The Morgan fingerprint density at radius 3 is 2.67 bits per heavy atom. The number of benzene rings is 1. The van der Waals surface area contributed by atoms with Gasteiger partial charge in [0, 0.05) is 18.7 Å². The van der Waals surface area contributed by atoms with E-state index in [1.54, 1.807) is 25.1 Å². The van der Waals surface area contributed by atoms with Gasteiger partial charge in [-0.15, -0.1) is 0 Å². The minimum absolute atomic E-state index is 0.232. The van der Waals surface area contributed by atoms with Crippen LogP contribution < -0.4 is 22.3 Å². The maximum atomic E-state index is 12.6. The monoisotopic (exact) mass is 330 g/mol. The van der Waals surface area contributed by atoms with Crippen LogP contribution in [0.2, 0.25) is 0 Å². The van der Waals surface area contributed by atoms with E-state index >= 15 is 0 Å². The smallest absolute Gasteiger partial charge is 0.328 e. The summed E-state index contributed by atoms with van der Waals surface area (Å²) in [6, 6.07) is 4.74. The van der Waals surface area contributed by atoms with Gasteiger partial charge in [-0.05, 0) is 38.0 Å². The second-order valence-electron chi connectivity index (χ2n) is 6.39. The Labute approximate surface area is 138 Å². The summed E-state index contributed by atoms with van der Waals surface area (Å²) in [4.78, 5) is 39.4. The molecule has 0 aliphatic heterocycles. The molecule has 4 N–H and O–H groups in total. The Morgan fingerprint density at radius 1 is 1.33 bits per heavy atom. The van der Waals surface area contributed by atoms with Crippen molar-refractivity contribution in [3.8, 4) is 0 Å². The molecule has 3 rings (SSSR count). The van der Waals surface area contributed by atoms with Crippen LogP contribution in [0.4, 0.5) is 0 Å². The number of aromatic nitrogens is 2. The summed E-state index contributed by atoms with van der Waals surface area (Å²) >= 11 is 0. The van der Waals surface area contributed by atoms with Gasteiger partial charge in [-0.1, -0.05) is 12.8 Å². The van der Waals surface area contributed by atoms with Gasteiger partial charge < -0.3 is 16.0 Å². The molecule has 1 fully saturated rings. The molecular formula is C17H22N4O3. The molecule has 0 bridgehead atoms. The van der Waals surface area contributed by atoms with Crippen molar-refractivity contribution in [3.05, 3.63) is 44.6 Å². The summed E-state index contributed by atoms with van der Waals surface area (Å²) < 4.78 is 1.13. The van der Waals surface area contributed by atoms with E-state index < -0.39 is 5.69 Å². The fourth-order valence-electron chi connectivity index (χ4n) is 3.43. The Morgan fingerprint density at radius 2 is 2.04 bits per heavy atom. The number of nitrogens with two attached hydrogens (primary N) is 1. The van der Waals surface area contributed by atoms with Crippen molar-refractivity contribution in [2.45, 2.75) is 44.7 Å². The van der Waals surface area contributed by atoms with Crippen molar-refractivity contribution in [2.75, 3.05) is 6.54 Å². The fourth-order valence-corrected chi connectivity index (χ4v) is 3.43. The van der Waals surface area contributed by atoms with E-state index in [0.717, 1.165) is 30.3 Å². The number of carbonyl (C=O) groups excluding carboxylic acids is 1. The maximum absolute atomic E-state index is 12.6. The molecule has 1 saturated carbocycles. The van der Waals surface area contributed by atoms with Crippen LogP contribution in [-0.2, 0) is 6.54 Å². The van der Waals surface area contributed by atoms with Gasteiger partial charge in [0.25, 0.3) is 11.5 Å². The molecule has 0 atom stereocenters. The highest BCUT2D eigenvalue weighted by Crippen LogP contribution is 2.29. The minimum atomic E-state index is -0.471. The van der Waals surface area contributed by atoms with Crippen LogP contribution in [0.1, 0.15) is 43.0 Å². The molecule has 0 spiro atoms. The van der Waals surface area contributed by atoms with Crippen molar-refractivity contribution in [1.29, 1.82) is 0 Å². The molecule has 128 valence electrons. The topological polar surface area (TPSA) is 110 Å². The zero-order valence-electron chi connectivity index (χ0n) is 13.7. The number of nitrogens with zero attached hydrogens (tertiary/aromatic N) is 1. The first-order chi connectivity index (χ1) is 11.5. The van der Waals surface area contributed by atoms with Gasteiger partial charge in [0.1, 0.15) is 0 Å². The summed E-state index contributed by atoms with van der Waals surface area (Å²) in [6.45, 7) is 2.44. The second-order valence-corrected chi connectivity index (χ2v) is 6.39. The molecule has 1 aliphatic carbocycles. The molecular weight excluding hydrogens is 308 g/mol. The lowest BCUT2D eigenvalue weighted by Crippen LogP contribution is -2.51. The van der Waals surface area contributed by atoms with Crippen molar-refractivity contribution in [2.24, 2.45) is 5.73 Å². The highest BCUT2D eigenvalue weighted by Gasteiger charge is 2.34. The fraction of sp³-hybridized carbons (Fsp3) is 0.471. The van der Waals surface area contributed by atoms with E-state index in [-0.39, 0.29) is 17.0 Å². The summed E-state index contributed by atoms with van der Waals surface area (Å²) in [7, 11) is 0. The number of fused-ring (bicyclic) bond motifs is 1. The summed E-state index contributed by atoms with van der Waals surface area (Å²) in [5.41, 5.74) is 5.47. The quantitative estimate of drug-likeness (QED) is 0.767. The zero-order chi connectivity index (χ0) is 17.3. The third kappa shape index (κ3) is 2.75. The largest absolute Gasteiger partial charge is 0.345 e. The average molecular weight is 330 g/mol. The Hall–Kier alpha value is -2.41. The van der Waals surface area contributed by atoms with Crippen LogP contribution in [0.5, 0.6) is 0 Å². The van der Waals surface area contributed by atoms with Crippen LogP contribution in [0, 0.1) is 0 Å². The lowest BCUT2D eigenvalue weighted by molar-refractivity contribution is 0.0903. The maximum Gasteiger partial charge on any atom is 0.328 e. The number of H-pyrrole nitrogens is 1. The van der Waals surface area contributed by atoms with Crippen LogP contribution in [-0.4, -0.2) is 27.5 Å². The molecule has 7 heteroatoms. The second kappa shape index (κ2) is 6.24. The Kier molecular flexibility index (Phi) is 4.28. The number of rotatable bonds is 4. The van der Waals surface area contributed by atoms with Crippen LogP contribution >= 0.6 is 0 Å². The van der Waals surface area contributed by atoms with E-state index in [4.69, 9.17) is 5.73 Å². The Bertz CT molecular complexity index is 891. The lowest BCUT2D eigenvalue weighted by atomic mass is 9.97. The van der Waals surface area contributed by atoms with E-state index in [9.17, 15) is 14.4 Å². The zero-order valence-corrected chi connectivity index (χ0v) is 13.7. The molecule has 1 aliphatic rings. The van der Waals surface area contributed by atoms with E-state index in [2.05, 4.69) is 10.3 Å². The van der Waals surface area contributed by atoms with Gasteiger partial charge in [-0.3, -0.25) is 14.2 Å². The van der Waals surface area contributed by atoms with Crippen LogP contribution in [0.3, 0.4) is 0 Å². The molecule has 0 saturated heterocycles. The average Bonchev–Trinajstić information content (AvgIpc) is 3.03. The molecule has 24 heavy (non-hydrogen) atoms. The third-order valence-electron chi connectivity index (χ3n) is 4.89. The first kappa shape index (κ1) is 16.4. The van der Waals surface area contributed by atoms with Gasteiger partial charge in [-0.2, -0.15) is 0 Å². The number of nitrogens with one attached hydrogen (secondary N) is 2. The highest BCUT2D eigenvalue weighted by atomic mass is 16.2. The number of hydrogen-bond acceptors (Lipinski definition) is 4. The van der Waals surface area contributed by atoms with Crippen LogP contribution in [0.15, 0.2) is 27.8 Å². The lowest BCUT2D eigenvalue weighted by Gasteiger charge is -2.28. The first-order valence-corrected chi connectivity index (χ1v) is 8.29. The summed E-state index contributed by atoms with van der Waals surface area (Å²) in [5, 5.41) is 3.43. The van der Waals surface area contributed by atoms with Gasteiger partial charge in [0.15, 0.2) is 0 Å². The van der Waals surface area contributed by atoms with Crippen molar-refractivity contribution in [1.82, 2.24) is 14.9 Å². The van der Waals surface area contributed by atoms with Gasteiger partial charge >= 0.3 is 5.69 Å². The van der Waals surface area contributed by atoms with Crippen molar-refractivity contribution in [3.63, 3.8) is 0 Å². The molecule has 0 radical (unpaired) electrons. The SMILES string of the molecule is CCn1c(=O)[nH]c2cc(C(=O)NC3(CN)CCCC3)ccc2c1=O. The number of hydrogen-bond donors (Lipinski definition) is 3. The van der Waals surface area contributed by atoms with E-state index in [1.807, 2.05) is 0 Å². The molecule has 1 heterocycles. The van der Waals surface area contributed by atoms with Gasteiger partial charge in [0.2, 0.25) is 0 Å². The summed E-state index contributed by atoms with van der Waals surface area (Å²) in [5.74, 6) is -0.232. The molecule has 2 aromatic rings. The van der Waals surface area contributed by atoms with Gasteiger partial charge in [-0.25, -0.2) is 4.79 Å². The van der Waals surface area contributed by atoms with E-state index in [1.165, 1.54) is 0 Å². The predicted molar refractivity (Wildman–Crippen MR) is 92.2 cm³/mol. The van der Waals surface area contributed by atoms with E-state index in [0.29, 0.717) is 29.6 Å². The third-order valence-corrected chi connectivity index (χ3v) is 4.89. The van der Waals surface area contributed by atoms with Crippen molar-refractivity contribution >= 4 is 16.8 Å². The van der Waals surface area contributed by atoms with Crippen molar-refractivity contribution < 1.29 is 4.79 Å². The normalized spacial score (nSPS) is 16.4. The number of aromatic amines is 1. The number of carbonyl (C=O) groups is 1. The highest BCUT2D eigenvalue weighted by molar-refractivity contribution is 5.98. The molecule has 1 aromatic heterocycles. The first-order valence-electron chi connectivity index (χ1n) is 8.29.